The zero-order valence-corrected chi connectivity index (χ0v) is 25.4. The third kappa shape index (κ3) is 5.10. The lowest BCUT2D eigenvalue weighted by atomic mass is 9.82. The molecule has 1 heterocycles. The Balaban J connectivity index is 1.54. The van der Waals surface area contributed by atoms with Crippen LogP contribution in [0, 0.1) is 20.8 Å². The van der Waals surface area contributed by atoms with E-state index in [2.05, 4.69) is 162 Å². The summed E-state index contributed by atoms with van der Waals surface area (Å²) >= 11 is 0. The fraction of sp³-hybridized carbons (Fsp3) is 0.175. The second-order valence-corrected chi connectivity index (χ2v) is 12.3. The predicted molar refractivity (Wildman–Crippen MR) is 178 cm³/mol. The Kier molecular flexibility index (Phi) is 7.16. The van der Waals surface area contributed by atoms with E-state index in [0.29, 0.717) is 0 Å². The van der Waals surface area contributed by atoms with E-state index in [-0.39, 0.29) is 5.41 Å². The van der Waals surface area contributed by atoms with Crippen molar-refractivity contribution in [1.82, 2.24) is 9.55 Å². The van der Waals surface area contributed by atoms with E-state index in [1.165, 1.54) is 55.6 Å². The fourth-order valence-electron chi connectivity index (χ4n) is 6.07. The molecule has 1 aromatic heterocycles. The molecule has 42 heavy (non-hydrogen) atoms. The lowest BCUT2D eigenvalue weighted by molar-refractivity contribution is 0.590. The van der Waals surface area contributed by atoms with Gasteiger partial charge in [0.15, 0.2) is 0 Å². The first-order valence-corrected chi connectivity index (χ1v) is 14.7. The summed E-state index contributed by atoms with van der Waals surface area (Å²) in [6.07, 6.45) is 3.94. The molecule has 5 aromatic carbocycles. The SMILES string of the molecule is Cc1ccccc1-n1ccnc1-c1cccc(-c2c(C)c(-c3ccccc3)cc(-c3ccc(C(C)(C)C)cc3)c2C)c1. The van der Waals surface area contributed by atoms with Crippen LogP contribution < -0.4 is 0 Å². The van der Waals surface area contributed by atoms with Crippen molar-refractivity contribution >= 4 is 0 Å². The van der Waals surface area contributed by atoms with Crippen LogP contribution in [0.3, 0.4) is 0 Å². The van der Waals surface area contributed by atoms with Crippen molar-refractivity contribution in [2.75, 3.05) is 0 Å². The Morgan fingerprint density at radius 3 is 1.83 bits per heavy atom. The minimum Gasteiger partial charge on any atom is -0.300 e. The van der Waals surface area contributed by atoms with Crippen molar-refractivity contribution in [2.45, 2.75) is 47.0 Å². The molecule has 0 bridgehead atoms. The van der Waals surface area contributed by atoms with Crippen molar-refractivity contribution < 1.29 is 0 Å². The van der Waals surface area contributed by atoms with Gasteiger partial charge in [0.05, 0.1) is 0 Å². The van der Waals surface area contributed by atoms with Gasteiger partial charge in [-0.05, 0) is 100 Å². The molecule has 0 spiro atoms. The van der Waals surface area contributed by atoms with Gasteiger partial charge in [0.25, 0.3) is 0 Å². The molecule has 0 saturated heterocycles. The Hall–Kier alpha value is -4.69. The second kappa shape index (κ2) is 10.9. The highest BCUT2D eigenvalue weighted by Crippen LogP contribution is 2.41. The Bertz CT molecular complexity index is 1870. The van der Waals surface area contributed by atoms with E-state index >= 15 is 0 Å². The van der Waals surface area contributed by atoms with Gasteiger partial charge in [0.2, 0.25) is 0 Å². The van der Waals surface area contributed by atoms with Crippen molar-refractivity contribution in [3.05, 3.63) is 144 Å². The molecule has 0 amide bonds. The van der Waals surface area contributed by atoms with Crippen molar-refractivity contribution in [3.63, 3.8) is 0 Å². The summed E-state index contributed by atoms with van der Waals surface area (Å²) in [4.78, 5) is 4.80. The molecule has 6 rings (SSSR count). The lowest BCUT2D eigenvalue weighted by Crippen LogP contribution is -2.10. The van der Waals surface area contributed by atoms with Crippen LogP contribution in [-0.4, -0.2) is 9.55 Å². The molecule has 0 aliphatic carbocycles. The number of aromatic nitrogens is 2. The molecule has 0 radical (unpaired) electrons. The molecular weight excluding hydrogens is 508 g/mol. The zero-order chi connectivity index (χ0) is 29.4. The van der Waals surface area contributed by atoms with Crippen molar-refractivity contribution in [2.24, 2.45) is 0 Å². The monoisotopic (exact) mass is 546 g/mol. The van der Waals surface area contributed by atoms with E-state index in [1.807, 2.05) is 6.20 Å². The number of rotatable bonds is 5. The van der Waals surface area contributed by atoms with Gasteiger partial charge in [-0.25, -0.2) is 4.98 Å². The average Bonchev–Trinajstić information content (AvgIpc) is 3.48. The third-order valence-electron chi connectivity index (χ3n) is 8.42. The highest BCUT2D eigenvalue weighted by Gasteiger charge is 2.19. The molecule has 0 N–H and O–H groups in total. The second-order valence-electron chi connectivity index (χ2n) is 12.3. The van der Waals surface area contributed by atoms with Gasteiger partial charge in [-0.1, -0.05) is 112 Å². The van der Waals surface area contributed by atoms with Gasteiger partial charge in [0.1, 0.15) is 5.82 Å². The van der Waals surface area contributed by atoms with Crippen LogP contribution in [0.25, 0.3) is 50.5 Å². The van der Waals surface area contributed by atoms with E-state index in [9.17, 15) is 0 Å². The summed E-state index contributed by atoms with van der Waals surface area (Å²) in [5.41, 5.74) is 15.0. The number of benzene rings is 5. The molecule has 2 nitrogen and oxygen atoms in total. The molecule has 208 valence electrons. The molecule has 6 aromatic rings. The van der Waals surface area contributed by atoms with Gasteiger partial charge >= 0.3 is 0 Å². The molecule has 0 unspecified atom stereocenters. The number of hydrogen-bond donors (Lipinski definition) is 0. The summed E-state index contributed by atoms with van der Waals surface area (Å²) < 4.78 is 2.19. The topological polar surface area (TPSA) is 17.8 Å². The van der Waals surface area contributed by atoms with Crippen LogP contribution in [0.15, 0.2) is 122 Å². The van der Waals surface area contributed by atoms with Crippen molar-refractivity contribution in [1.29, 1.82) is 0 Å². The highest BCUT2D eigenvalue weighted by molar-refractivity contribution is 5.89. The van der Waals surface area contributed by atoms with Gasteiger partial charge in [-0.15, -0.1) is 0 Å². The maximum Gasteiger partial charge on any atom is 0.144 e. The largest absolute Gasteiger partial charge is 0.300 e. The fourth-order valence-corrected chi connectivity index (χ4v) is 6.07. The first-order valence-electron chi connectivity index (χ1n) is 14.7. The van der Waals surface area contributed by atoms with Gasteiger partial charge < -0.3 is 0 Å². The van der Waals surface area contributed by atoms with E-state index < -0.39 is 0 Å². The van der Waals surface area contributed by atoms with Crippen molar-refractivity contribution in [3.8, 4) is 50.5 Å². The summed E-state index contributed by atoms with van der Waals surface area (Å²) in [5.74, 6) is 0.943. The lowest BCUT2D eigenvalue weighted by Gasteiger charge is -2.22. The van der Waals surface area contributed by atoms with Crippen LogP contribution >= 0.6 is 0 Å². The highest BCUT2D eigenvalue weighted by atomic mass is 15.1. The minimum atomic E-state index is 0.117. The summed E-state index contributed by atoms with van der Waals surface area (Å²) in [6.45, 7) is 13.5. The van der Waals surface area contributed by atoms with E-state index in [0.717, 1.165) is 17.1 Å². The molecule has 0 aliphatic rings. The maximum absolute atomic E-state index is 4.80. The maximum atomic E-state index is 4.80. The van der Waals surface area contributed by atoms with Gasteiger partial charge in [-0.3, -0.25) is 4.57 Å². The first kappa shape index (κ1) is 27.5. The predicted octanol–water partition coefficient (Wildman–Crippen LogP) is 10.8. The molecular formula is C40H38N2. The molecule has 0 fully saturated rings. The number of nitrogens with zero attached hydrogens (tertiary/aromatic N) is 2. The molecule has 0 atom stereocenters. The van der Waals surface area contributed by atoms with E-state index in [1.54, 1.807) is 0 Å². The summed E-state index contributed by atoms with van der Waals surface area (Å²) in [5, 5.41) is 0. The molecule has 0 saturated carbocycles. The standard InChI is InChI=1S/C40H38N2/c1-27-13-10-11-18-37(27)42-24-23-41-39(42)33-17-12-16-32(25-33)38-28(2)35(30-14-8-7-9-15-30)26-36(29(38)3)31-19-21-34(22-20-31)40(4,5)6/h7-26H,1-6H3. The Labute approximate surface area is 250 Å². The number of hydrogen-bond acceptors (Lipinski definition) is 1. The molecule has 2 heteroatoms. The summed E-state index contributed by atoms with van der Waals surface area (Å²) in [7, 11) is 0. The van der Waals surface area contributed by atoms with Crippen LogP contribution in [0.1, 0.15) is 43.0 Å². The normalized spacial score (nSPS) is 11.6. The third-order valence-corrected chi connectivity index (χ3v) is 8.42. The number of aryl methyl sites for hydroxylation is 1. The quantitative estimate of drug-likeness (QED) is 0.210. The first-order chi connectivity index (χ1) is 20.2. The van der Waals surface area contributed by atoms with Gasteiger partial charge in [-0.2, -0.15) is 0 Å². The summed E-state index contributed by atoms with van der Waals surface area (Å²) in [6, 6.07) is 39.6. The van der Waals surface area contributed by atoms with Crippen LogP contribution in [0.5, 0.6) is 0 Å². The van der Waals surface area contributed by atoms with E-state index in [4.69, 9.17) is 4.98 Å². The smallest absolute Gasteiger partial charge is 0.144 e. The van der Waals surface area contributed by atoms with Gasteiger partial charge in [0, 0.05) is 23.6 Å². The number of imidazole rings is 1. The van der Waals surface area contributed by atoms with Crippen LogP contribution in [0.2, 0.25) is 0 Å². The Morgan fingerprint density at radius 1 is 0.571 bits per heavy atom. The van der Waals surface area contributed by atoms with Crippen LogP contribution in [0.4, 0.5) is 0 Å². The van der Waals surface area contributed by atoms with Crippen LogP contribution in [-0.2, 0) is 5.41 Å². The minimum absolute atomic E-state index is 0.117. The average molecular weight is 547 g/mol. The Morgan fingerprint density at radius 2 is 1.17 bits per heavy atom. The molecule has 0 aliphatic heterocycles. The zero-order valence-electron chi connectivity index (χ0n) is 25.4. The number of para-hydroxylation sites is 1.